The summed E-state index contributed by atoms with van der Waals surface area (Å²) in [5.41, 5.74) is 0. The van der Waals surface area contributed by atoms with Crippen LogP contribution in [-0.2, 0) is 21.3 Å². The van der Waals surface area contributed by atoms with Crippen LogP contribution in [0.1, 0.15) is 12.8 Å². The molecule has 0 aromatic carbocycles. The molecule has 1 N–H and O–H groups in total. The molecule has 8 heteroatoms. The standard InChI is InChI=1S/C13H24N4O3S/c1-14-5-6-17-11-13(9-15-17)21(18,19)16(2)10-12-3-7-20-8-4-12/h9,11-12,14H,3-8,10H2,1-2H3. The molecule has 0 aliphatic carbocycles. The Balaban J connectivity index is 2.00. The number of hydrogen-bond donors (Lipinski definition) is 1. The Hall–Kier alpha value is -0.960. The normalized spacial score (nSPS) is 17.5. The van der Waals surface area contributed by atoms with E-state index in [1.165, 1.54) is 10.5 Å². The van der Waals surface area contributed by atoms with Gasteiger partial charge < -0.3 is 10.1 Å². The Labute approximate surface area is 126 Å². The molecule has 1 saturated heterocycles. The van der Waals surface area contributed by atoms with Gasteiger partial charge in [-0.2, -0.15) is 5.10 Å². The number of nitrogens with one attached hydrogen (secondary N) is 1. The molecule has 0 atom stereocenters. The van der Waals surface area contributed by atoms with Crippen LogP contribution in [0.25, 0.3) is 0 Å². The number of ether oxygens (including phenoxy) is 1. The van der Waals surface area contributed by atoms with Crippen molar-refractivity contribution in [1.29, 1.82) is 0 Å². The molecular weight excluding hydrogens is 292 g/mol. The Morgan fingerprint density at radius 1 is 1.48 bits per heavy atom. The predicted molar refractivity (Wildman–Crippen MR) is 79.5 cm³/mol. The van der Waals surface area contributed by atoms with Crippen LogP contribution in [-0.4, -0.2) is 62.9 Å². The monoisotopic (exact) mass is 316 g/mol. The number of likely N-dealkylation sites (N-methyl/N-ethyl adjacent to an activating group) is 1. The summed E-state index contributed by atoms with van der Waals surface area (Å²) in [7, 11) is 0.0309. The zero-order chi connectivity index (χ0) is 15.3. The molecular formula is C13H24N4O3S. The SMILES string of the molecule is CNCCn1cc(S(=O)(=O)N(C)CC2CCOCC2)cn1. The van der Waals surface area contributed by atoms with E-state index in [1.54, 1.807) is 17.9 Å². The smallest absolute Gasteiger partial charge is 0.245 e. The number of nitrogens with zero attached hydrogens (tertiary/aromatic N) is 3. The second kappa shape index (κ2) is 7.35. The minimum absolute atomic E-state index is 0.258. The molecule has 7 nitrogen and oxygen atoms in total. The fraction of sp³-hybridized carbons (Fsp3) is 0.769. The molecule has 120 valence electrons. The van der Waals surface area contributed by atoms with Crippen molar-refractivity contribution in [3.63, 3.8) is 0 Å². The highest BCUT2D eigenvalue weighted by Gasteiger charge is 2.26. The largest absolute Gasteiger partial charge is 0.381 e. The second-order valence-electron chi connectivity index (χ2n) is 5.38. The summed E-state index contributed by atoms with van der Waals surface area (Å²) in [5, 5.41) is 7.11. The average Bonchev–Trinajstić information content (AvgIpc) is 2.95. The van der Waals surface area contributed by atoms with Crippen molar-refractivity contribution in [1.82, 2.24) is 19.4 Å². The quantitative estimate of drug-likeness (QED) is 0.775. The molecule has 0 spiro atoms. The van der Waals surface area contributed by atoms with Gasteiger partial charge >= 0.3 is 0 Å². The Kier molecular flexibility index (Phi) is 5.74. The second-order valence-corrected chi connectivity index (χ2v) is 7.43. The van der Waals surface area contributed by atoms with Crippen molar-refractivity contribution in [3.05, 3.63) is 12.4 Å². The van der Waals surface area contributed by atoms with Gasteiger partial charge in [0.15, 0.2) is 0 Å². The first-order chi connectivity index (χ1) is 10.0. The van der Waals surface area contributed by atoms with E-state index in [1.807, 2.05) is 7.05 Å². The van der Waals surface area contributed by atoms with Crippen LogP contribution in [0.3, 0.4) is 0 Å². The molecule has 21 heavy (non-hydrogen) atoms. The van der Waals surface area contributed by atoms with E-state index < -0.39 is 10.0 Å². The number of sulfonamides is 1. The predicted octanol–water partition coefficient (Wildman–Crippen LogP) is 0.150. The van der Waals surface area contributed by atoms with Gasteiger partial charge in [-0.3, -0.25) is 4.68 Å². The van der Waals surface area contributed by atoms with Gasteiger partial charge in [-0.25, -0.2) is 12.7 Å². The summed E-state index contributed by atoms with van der Waals surface area (Å²) < 4.78 is 33.4. The lowest BCUT2D eigenvalue weighted by atomic mass is 10.0. The summed E-state index contributed by atoms with van der Waals surface area (Å²) >= 11 is 0. The molecule has 0 radical (unpaired) electrons. The van der Waals surface area contributed by atoms with Crippen molar-refractivity contribution >= 4 is 10.0 Å². The van der Waals surface area contributed by atoms with Crippen molar-refractivity contribution in [3.8, 4) is 0 Å². The third-order valence-electron chi connectivity index (χ3n) is 3.76. The molecule has 1 aliphatic heterocycles. The maximum atomic E-state index is 12.5. The molecule has 0 saturated carbocycles. The van der Waals surface area contributed by atoms with Crippen LogP contribution in [0.15, 0.2) is 17.3 Å². The summed E-state index contributed by atoms with van der Waals surface area (Å²) in [6.45, 7) is 3.38. The minimum Gasteiger partial charge on any atom is -0.381 e. The molecule has 2 rings (SSSR count). The van der Waals surface area contributed by atoms with Gasteiger partial charge in [-0.15, -0.1) is 0 Å². The van der Waals surface area contributed by atoms with Crippen LogP contribution in [0.5, 0.6) is 0 Å². The van der Waals surface area contributed by atoms with E-state index in [0.717, 1.165) is 32.6 Å². The van der Waals surface area contributed by atoms with Crippen LogP contribution in [0.4, 0.5) is 0 Å². The Bertz CT molecular complexity index is 537. The number of aromatic nitrogens is 2. The fourth-order valence-corrected chi connectivity index (χ4v) is 3.60. The first-order valence-electron chi connectivity index (χ1n) is 7.25. The van der Waals surface area contributed by atoms with E-state index in [4.69, 9.17) is 4.74 Å². The van der Waals surface area contributed by atoms with Crippen LogP contribution in [0, 0.1) is 5.92 Å². The van der Waals surface area contributed by atoms with E-state index in [9.17, 15) is 8.42 Å². The van der Waals surface area contributed by atoms with Gasteiger partial charge in [0.2, 0.25) is 10.0 Å². The van der Waals surface area contributed by atoms with Gasteiger partial charge in [-0.1, -0.05) is 0 Å². The lowest BCUT2D eigenvalue weighted by Crippen LogP contribution is -2.34. The molecule has 0 bridgehead atoms. The van der Waals surface area contributed by atoms with Gasteiger partial charge in [-0.05, 0) is 25.8 Å². The van der Waals surface area contributed by atoms with E-state index in [-0.39, 0.29) is 4.90 Å². The first-order valence-corrected chi connectivity index (χ1v) is 8.69. The van der Waals surface area contributed by atoms with Crippen LogP contribution >= 0.6 is 0 Å². The van der Waals surface area contributed by atoms with Crippen LogP contribution in [0.2, 0.25) is 0 Å². The topological polar surface area (TPSA) is 76.5 Å². The zero-order valence-corrected chi connectivity index (χ0v) is 13.5. The highest BCUT2D eigenvalue weighted by molar-refractivity contribution is 7.89. The van der Waals surface area contributed by atoms with Gasteiger partial charge in [0.1, 0.15) is 4.90 Å². The number of rotatable bonds is 7. The summed E-state index contributed by atoms with van der Waals surface area (Å²) in [4.78, 5) is 0.258. The third kappa shape index (κ3) is 4.26. The van der Waals surface area contributed by atoms with Gasteiger partial charge in [0, 0.05) is 39.5 Å². The summed E-state index contributed by atoms with van der Waals surface area (Å²) in [6.07, 6.45) is 4.85. The molecule has 1 aromatic rings. The maximum absolute atomic E-state index is 12.5. The molecule has 1 aromatic heterocycles. The average molecular weight is 316 g/mol. The highest BCUT2D eigenvalue weighted by Crippen LogP contribution is 2.20. The van der Waals surface area contributed by atoms with Crippen molar-refractivity contribution < 1.29 is 13.2 Å². The van der Waals surface area contributed by atoms with E-state index in [0.29, 0.717) is 19.0 Å². The van der Waals surface area contributed by atoms with E-state index >= 15 is 0 Å². The fourth-order valence-electron chi connectivity index (χ4n) is 2.40. The van der Waals surface area contributed by atoms with E-state index in [2.05, 4.69) is 10.4 Å². The lowest BCUT2D eigenvalue weighted by molar-refractivity contribution is 0.0620. The molecule has 0 unspecified atom stereocenters. The first kappa shape index (κ1) is 16.4. The molecule has 0 amide bonds. The summed E-state index contributed by atoms with van der Waals surface area (Å²) in [6, 6.07) is 0. The van der Waals surface area contributed by atoms with Crippen molar-refractivity contribution in [2.45, 2.75) is 24.3 Å². The molecule has 2 heterocycles. The highest BCUT2D eigenvalue weighted by atomic mass is 32.2. The van der Waals surface area contributed by atoms with Gasteiger partial charge in [0.05, 0.1) is 12.7 Å². The van der Waals surface area contributed by atoms with Crippen LogP contribution < -0.4 is 5.32 Å². The van der Waals surface area contributed by atoms with Crippen molar-refractivity contribution in [2.75, 3.05) is 40.4 Å². The Morgan fingerprint density at radius 3 is 2.86 bits per heavy atom. The Morgan fingerprint density at radius 2 is 2.19 bits per heavy atom. The molecule has 1 aliphatic rings. The molecule has 1 fully saturated rings. The van der Waals surface area contributed by atoms with Gasteiger partial charge in [0.25, 0.3) is 0 Å². The summed E-state index contributed by atoms with van der Waals surface area (Å²) in [5.74, 6) is 0.373. The minimum atomic E-state index is -3.45. The zero-order valence-electron chi connectivity index (χ0n) is 12.7. The maximum Gasteiger partial charge on any atom is 0.245 e. The number of hydrogen-bond acceptors (Lipinski definition) is 5. The van der Waals surface area contributed by atoms with Crippen molar-refractivity contribution in [2.24, 2.45) is 5.92 Å². The third-order valence-corrected chi connectivity index (χ3v) is 5.54. The lowest BCUT2D eigenvalue weighted by Gasteiger charge is -2.26.